The zero-order valence-corrected chi connectivity index (χ0v) is 11.0. The second-order valence-electron chi connectivity index (χ2n) is 4.66. The average Bonchev–Trinajstić information content (AvgIpc) is 2.47. The van der Waals surface area contributed by atoms with Crippen LogP contribution in [0, 0.1) is 0 Å². The number of rotatable bonds is 4. The molecule has 0 radical (unpaired) electrons. The van der Waals surface area contributed by atoms with Crippen LogP contribution >= 0.6 is 0 Å². The lowest BCUT2D eigenvalue weighted by Crippen LogP contribution is -2.51. The van der Waals surface area contributed by atoms with E-state index in [9.17, 15) is 9.18 Å². The molecule has 1 aromatic rings. The Kier molecular flexibility index (Phi) is 5.15. The lowest BCUT2D eigenvalue weighted by Gasteiger charge is -2.34. The van der Waals surface area contributed by atoms with Gasteiger partial charge >= 0.3 is 6.03 Å². The molecule has 0 saturated carbocycles. The molecule has 0 aliphatic carbocycles. The summed E-state index contributed by atoms with van der Waals surface area (Å²) in [7, 11) is 0. The second kappa shape index (κ2) is 7.09. The molecule has 2 rings (SSSR count). The van der Waals surface area contributed by atoms with E-state index in [0.29, 0.717) is 26.2 Å². The van der Waals surface area contributed by atoms with Gasteiger partial charge in [0.1, 0.15) is 6.67 Å². The fraction of sp³-hybridized carbons (Fsp3) is 0.500. The number of hydrogen-bond donors (Lipinski definition) is 1. The smallest absolute Gasteiger partial charge is 0.317 e. The van der Waals surface area contributed by atoms with Gasteiger partial charge in [0.05, 0.1) is 0 Å². The van der Waals surface area contributed by atoms with E-state index < -0.39 is 0 Å². The number of urea groups is 1. The number of nitrogens with one attached hydrogen (secondary N) is 1. The average molecular weight is 265 g/mol. The Balaban J connectivity index is 1.73. The number of amides is 2. The third kappa shape index (κ3) is 4.21. The monoisotopic (exact) mass is 265 g/mol. The zero-order valence-electron chi connectivity index (χ0n) is 11.0. The first-order valence-electron chi connectivity index (χ1n) is 6.64. The van der Waals surface area contributed by atoms with E-state index in [0.717, 1.165) is 18.7 Å². The molecule has 2 amide bonds. The van der Waals surface area contributed by atoms with Gasteiger partial charge in [-0.25, -0.2) is 9.18 Å². The van der Waals surface area contributed by atoms with Gasteiger partial charge in [0.25, 0.3) is 0 Å². The van der Waals surface area contributed by atoms with Crippen molar-refractivity contribution < 1.29 is 9.18 Å². The topological polar surface area (TPSA) is 35.6 Å². The summed E-state index contributed by atoms with van der Waals surface area (Å²) in [4.78, 5) is 15.8. The lowest BCUT2D eigenvalue weighted by molar-refractivity contribution is 0.134. The van der Waals surface area contributed by atoms with E-state index in [1.165, 1.54) is 0 Å². The van der Waals surface area contributed by atoms with Gasteiger partial charge in [0, 0.05) is 39.3 Å². The Hall–Kier alpha value is -1.62. The molecule has 0 spiro atoms. The van der Waals surface area contributed by atoms with Crippen LogP contribution in [-0.2, 0) is 6.54 Å². The van der Waals surface area contributed by atoms with Crippen molar-refractivity contribution in [3.8, 4) is 0 Å². The van der Waals surface area contributed by atoms with Crippen LogP contribution < -0.4 is 5.32 Å². The van der Waals surface area contributed by atoms with Gasteiger partial charge in [-0.05, 0) is 5.56 Å². The Morgan fingerprint density at radius 1 is 1.16 bits per heavy atom. The number of nitrogens with zero attached hydrogens (tertiary/aromatic N) is 2. The van der Waals surface area contributed by atoms with E-state index in [2.05, 4.69) is 5.32 Å². The molecule has 5 heteroatoms. The van der Waals surface area contributed by atoms with Crippen molar-refractivity contribution in [1.82, 2.24) is 15.1 Å². The SMILES string of the molecule is O=C(NCc1ccccc1)N1CCN(CCF)CC1. The molecular weight excluding hydrogens is 245 g/mol. The van der Waals surface area contributed by atoms with Gasteiger partial charge in [-0.15, -0.1) is 0 Å². The summed E-state index contributed by atoms with van der Waals surface area (Å²) in [5.41, 5.74) is 1.09. The van der Waals surface area contributed by atoms with E-state index in [4.69, 9.17) is 0 Å². The van der Waals surface area contributed by atoms with Crippen molar-refractivity contribution in [3.63, 3.8) is 0 Å². The quantitative estimate of drug-likeness (QED) is 0.895. The first kappa shape index (κ1) is 13.8. The normalized spacial score (nSPS) is 16.4. The summed E-state index contributed by atoms with van der Waals surface area (Å²) in [6.07, 6.45) is 0. The molecule has 1 N–H and O–H groups in total. The highest BCUT2D eigenvalue weighted by atomic mass is 19.1. The minimum absolute atomic E-state index is 0.0382. The lowest BCUT2D eigenvalue weighted by atomic mass is 10.2. The summed E-state index contributed by atoms with van der Waals surface area (Å²) in [5, 5.41) is 2.91. The van der Waals surface area contributed by atoms with Gasteiger partial charge in [0.2, 0.25) is 0 Å². The highest BCUT2D eigenvalue weighted by Crippen LogP contribution is 2.03. The highest BCUT2D eigenvalue weighted by Gasteiger charge is 2.20. The Morgan fingerprint density at radius 2 is 1.84 bits per heavy atom. The number of halogens is 1. The summed E-state index contributed by atoms with van der Waals surface area (Å²) in [6, 6.07) is 9.80. The van der Waals surface area contributed by atoms with Crippen LogP contribution in [0.4, 0.5) is 9.18 Å². The summed E-state index contributed by atoms with van der Waals surface area (Å²) < 4.78 is 12.2. The molecule has 1 fully saturated rings. The molecule has 1 saturated heterocycles. The minimum Gasteiger partial charge on any atom is -0.334 e. The molecule has 4 nitrogen and oxygen atoms in total. The summed E-state index contributed by atoms with van der Waals surface area (Å²) in [5.74, 6) is 0. The summed E-state index contributed by atoms with van der Waals surface area (Å²) in [6.45, 7) is 3.54. The van der Waals surface area contributed by atoms with Crippen molar-refractivity contribution in [2.24, 2.45) is 0 Å². The van der Waals surface area contributed by atoms with Crippen LogP contribution in [0.25, 0.3) is 0 Å². The van der Waals surface area contributed by atoms with E-state index in [1.807, 2.05) is 35.2 Å². The molecule has 0 unspecified atom stereocenters. The van der Waals surface area contributed by atoms with Crippen molar-refractivity contribution in [2.75, 3.05) is 39.4 Å². The number of hydrogen-bond acceptors (Lipinski definition) is 2. The number of piperazine rings is 1. The van der Waals surface area contributed by atoms with Crippen molar-refractivity contribution in [3.05, 3.63) is 35.9 Å². The molecule has 1 aliphatic heterocycles. The highest BCUT2D eigenvalue weighted by molar-refractivity contribution is 5.74. The molecule has 1 aromatic carbocycles. The third-order valence-corrected chi connectivity index (χ3v) is 3.35. The Bertz CT molecular complexity index is 391. The molecule has 0 atom stereocenters. The Labute approximate surface area is 113 Å². The number of carbonyl (C=O) groups excluding carboxylic acids is 1. The van der Waals surface area contributed by atoms with Crippen LogP contribution in [0.2, 0.25) is 0 Å². The predicted octanol–water partition coefficient (Wildman–Crippen LogP) is 1.48. The van der Waals surface area contributed by atoms with Crippen LogP contribution in [0.1, 0.15) is 5.56 Å². The maximum absolute atomic E-state index is 12.2. The minimum atomic E-state index is -0.319. The number of carbonyl (C=O) groups is 1. The fourth-order valence-corrected chi connectivity index (χ4v) is 2.18. The van der Waals surface area contributed by atoms with Gasteiger partial charge < -0.3 is 10.2 Å². The van der Waals surface area contributed by atoms with Crippen LogP contribution in [0.5, 0.6) is 0 Å². The molecule has 1 aliphatic rings. The first-order chi connectivity index (χ1) is 9.29. The van der Waals surface area contributed by atoms with E-state index in [-0.39, 0.29) is 12.7 Å². The van der Waals surface area contributed by atoms with Crippen LogP contribution in [0.3, 0.4) is 0 Å². The molecule has 1 heterocycles. The van der Waals surface area contributed by atoms with E-state index in [1.54, 1.807) is 4.90 Å². The number of alkyl halides is 1. The van der Waals surface area contributed by atoms with E-state index >= 15 is 0 Å². The molecule has 104 valence electrons. The first-order valence-corrected chi connectivity index (χ1v) is 6.64. The van der Waals surface area contributed by atoms with Crippen molar-refractivity contribution in [2.45, 2.75) is 6.54 Å². The van der Waals surface area contributed by atoms with Gasteiger partial charge in [-0.3, -0.25) is 4.90 Å². The maximum Gasteiger partial charge on any atom is 0.317 e. The maximum atomic E-state index is 12.2. The van der Waals surface area contributed by atoms with Gasteiger partial charge in [0.15, 0.2) is 0 Å². The van der Waals surface area contributed by atoms with Crippen molar-refractivity contribution in [1.29, 1.82) is 0 Å². The molecule has 19 heavy (non-hydrogen) atoms. The number of benzene rings is 1. The fourth-order valence-electron chi connectivity index (χ4n) is 2.18. The summed E-state index contributed by atoms with van der Waals surface area (Å²) >= 11 is 0. The van der Waals surface area contributed by atoms with Crippen LogP contribution in [0.15, 0.2) is 30.3 Å². The standard InChI is InChI=1S/C14H20FN3O/c15-6-7-17-8-10-18(11-9-17)14(19)16-12-13-4-2-1-3-5-13/h1-5H,6-12H2,(H,16,19). The largest absolute Gasteiger partial charge is 0.334 e. The van der Waals surface area contributed by atoms with Crippen molar-refractivity contribution >= 4 is 6.03 Å². The van der Waals surface area contributed by atoms with Gasteiger partial charge in [-0.1, -0.05) is 30.3 Å². The second-order valence-corrected chi connectivity index (χ2v) is 4.66. The molecular formula is C14H20FN3O. The zero-order chi connectivity index (χ0) is 13.5. The van der Waals surface area contributed by atoms with Gasteiger partial charge in [-0.2, -0.15) is 0 Å². The Morgan fingerprint density at radius 3 is 2.47 bits per heavy atom. The predicted molar refractivity (Wildman–Crippen MR) is 72.7 cm³/mol. The van der Waals surface area contributed by atoms with Crippen LogP contribution in [-0.4, -0.2) is 55.2 Å². The molecule has 0 bridgehead atoms. The third-order valence-electron chi connectivity index (χ3n) is 3.35. The molecule has 0 aromatic heterocycles.